The molecule has 1 aliphatic heterocycles. The molecule has 3 atom stereocenters. The van der Waals surface area contributed by atoms with Crippen LogP contribution in [0.2, 0.25) is 10.0 Å². The molecule has 0 amide bonds. The second kappa shape index (κ2) is 5.84. The lowest BCUT2D eigenvalue weighted by Gasteiger charge is -2.46. The van der Waals surface area contributed by atoms with Crippen LogP contribution in [-0.4, -0.2) is 18.7 Å². The number of nitrogens with one attached hydrogen (secondary N) is 1. The molecule has 2 aliphatic rings. The summed E-state index contributed by atoms with van der Waals surface area (Å²) in [6.45, 7) is 4.07. The molecule has 1 spiro atoms. The minimum absolute atomic E-state index is 0.000231. The number of benzene rings is 1. The highest BCUT2D eigenvalue weighted by atomic mass is 35.5. The summed E-state index contributed by atoms with van der Waals surface area (Å²) in [5.74, 6) is 0.735. The molecule has 1 heterocycles. The van der Waals surface area contributed by atoms with Crippen LogP contribution in [-0.2, 0) is 4.74 Å². The summed E-state index contributed by atoms with van der Waals surface area (Å²) in [5.41, 5.74) is 0.982. The lowest BCUT2D eigenvalue weighted by molar-refractivity contribution is -0.143. The first-order valence-electron chi connectivity index (χ1n) is 7.42. The summed E-state index contributed by atoms with van der Waals surface area (Å²) >= 11 is 12.5. The van der Waals surface area contributed by atoms with E-state index in [2.05, 4.69) is 12.2 Å². The molecule has 1 aromatic carbocycles. The topological polar surface area (TPSA) is 21.3 Å². The van der Waals surface area contributed by atoms with E-state index in [1.807, 2.05) is 18.2 Å². The summed E-state index contributed by atoms with van der Waals surface area (Å²) in [6.07, 6.45) is 4.83. The van der Waals surface area contributed by atoms with Gasteiger partial charge in [0.25, 0.3) is 0 Å². The Morgan fingerprint density at radius 2 is 2.20 bits per heavy atom. The van der Waals surface area contributed by atoms with Crippen LogP contribution in [0.4, 0.5) is 0 Å². The van der Waals surface area contributed by atoms with E-state index in [0.29, 0.717) is 10.0 Å². The van der Waals surface area contributed by atoms with Gasteiger partial charge in [-0.1, -0.05) is 55.1 Å². The average Bonchev–Trinajstić information content (AvgIpc) is 2.42. The Morgan fingerprint density at radius 3 is 3.00 bits per heavy atom. The van der Waals surface area contributed by atoms with E-state index in [1.54, 1.807) is 0 Å². The molecule has 1 saturated heterocycles. The molecule has 1 N–H and O–H groups in total. The van der Waals surface area contributed by atoms with E-state index < -0.39 is 0 Å². The first-order chi connectivity index (χ1) is 9.60. The Kier molecular flexibility index (Phi) is 4.28. The highest BCUT2D eigenvalue weighted by Gasteiger charge is 2.41. The number of hydrogen-bond acceptors (Lipinski definition) is 2. The molecule has 1 aromatic rings. The van der Waals surface area contributed by atoms with Gasteiger partial charge in [0.2, 0.25) is 0 Å². The SMILES string of the molecule is CC1CCCC2(CNCC(c3cccc(Cl)c3Cl)O2)C1. The van der Waals surface area contributed by atoms with E-state index in [-0.39, 0.29) is 11.7 Å². The maximum atomic E-state index is 6.50. The van der Waals surface area contributed by atoms with Crippen molar-refractivity contribution in [3.63, 3.8) is 0 Å². The van der Waals surface area contributed by atoms with Crippen molar-refractivity contribution in [1.82, 2.24) is 5.32 Å². The summed E-state index contributed by atoms with van der Waals surface area (Å²) in [5, 5.41) is 4.76. The van der Waals surface area contributed by atoms with Gasteiger partial charge < -0.3 is 10.1 Å². The average molecular weight is 314 g/mol. The Bertz CT molecular complexity index is 489. The van der Waals surface area contributed by atoms with E-state index in [4.69, 9.17) is 27.9 Å². The molecule has 3 unspecified atom stereocenters. The Labute approximate surface area is 130 Å². The zero-order chi connectivity index (χ0) is 14.2. The van der Waals surface area contributed by atoms with Gasteiger partial charge in [-0.25, -0.2) is 0 Å². The van der Waals surface area contributed by atoms with Crippen LogP contribution < -0.4 is 5.32 Å². The van der Waals surface area contributed by atoms with Gasteiger partial charge in [0, 0.05) is 18.7 Å². The fourth-order valence-corrected chi connectivity index (χ4v) is 4.07. The molecule has 0 aromatic heterocycles. The van der Waals surface area contributed by atoms with Crippen LogP contribution in [0.1, 0.15) is 44.3 Å². The van der Waals surface area contributed by atoms with Gasteiger partial charge in [-0.15, -0.1) is 0 Å². The Balaban J connectivity index is 1.83. The highest BCUT2D eigenvalue weighted by Crippen LogP contribution is 2.42. The summed E-state index contributed by atoms with van der Waals surface area (Å²) in [7, 11) is 0. The minimum Gasteiger partial charge on any atom is -0.364 e. The molecule has 110 valence electrons. The van der Waals surface area contributed by atoms with Gasteiger partial charge >= 0.3 is 0 Å². The molecular formula is C16H21Cl2NO. The monoisotopic (exact) mass is 313 g/mol. The van der Waals surface area contributed by atoms with Crippen molar-refractivity contribution in [2.45, 2.75) is 44.3 Å². The van der Waals surface area contributed by atoms with Gasteiger partial charge in [0.05, 0.1) is 21.8 Å². The number of hydrogen-bond donors (Lipinski definition) is 1. The lowest BCUT2D eigenvalue weighted by Crippen LogP contribution is -2.53. The van der Waals surface area contributed by atoms with Crippen LogP contribution in [0.15, 0.2) is 18.2 Å². The van der Waals surface area contributed by atoms with Gasteiger partial charge in [-0.05, 0) is 24.8 Å². The predicted octanol–water partition coefficient (Wildman–Crippen LogP) is 4.60. The maximum absolute atomic E-state index is 6.50. The van der Waals surface area contributed by atoms with Crippen molar-refractivity contribution in [1.29, 1.82) is 0 Å². The number of ether oxygens (including phenoxy) is 1. The smallest absolute Gasteiger partial charge is 0.0972 e. The molecule has 0 bridgehead atoms. The summed E-state index contributed by atoms with van der Waals surface area (Å²) < 4.78 is 6.50. The molecule has 2 nitrogen and oxygen atoms in total. The predicted molar refractivity (Wildman–Crippen MR) is 83.5 cm³/mol. The van der Waals surface area contributed by atoms with Gasteiger partial charge in [-0.2, -0.15) is 0 Å². The molecule has 2 fully saturated rings. The third-order valence-corrected chi connectivity index (χ3v) is 5.38. The first kappa shape index (κ1) is 14.6. The summed E-state index contributed by atoms with van der Waals surface area (Å²) in [6, 6.07) is 5.78. The van der Waals surface area contributed by atoms with Crippen LogP contribution in [0.25, 0.3) is 0 Å². The molecule has 3 rings (SSSR count). The fraction of sp³-hybridized carbons (Fsp3) is 0.625. The second-order valence-corrected chi connectivity index (χ2v) is 7.05. The number of halogens is 2. The normalized spacial score (nSPS) is 34.4. The Morgan fingerprint density at radius 1 is 1.35 bits per heavy atom. The zero-order valence-corrected chi connectivity index (χ0v) is 13.3. The largest absolute Gasteiger partial charge is 0.364 e. The van der Waals surface area contributed by atoms with Crippen molar-refractivity contribution >= 4 is 23.2 Å². The summed E-state index contributed by atoms with van der Waals surface area (Å²) in [4.78, 5) is 0. The number of morpholine rings is 1. The van der Waals surface area contributed by atoms with Crippen molar-refractivity contribution in [3.05, 3.63) is 33.8 Å². The zero-order valence-electron chi connectivity index (χ0n) is 11.8. The highest BCUT2D eigenvalue weighted by molar-refractivity contribution is 6.42. The molecule has 1 aliphatic carbocycles. The van der Waals surface area contributed by atoms with Crippen LogP contribution in [0, 0.1) is 5.92 Å². The van der Waals surface area contributed by atoms with E-state index >= 15 is 0 Å². The Hall–Kier alpha value is -0.280. The van der Waals surface area contributed by atoms with E-state index in [0.717, 1.165) is 37.4 Å². The van der Waals surface area contributed by atoms with E-state index in [1.165, 1.54) is 12.8 Å². The first-order valence-corrected chi connectivity index (χ1v) is 8.18. The van der Waals surface area contributed by atoms with Crippen molar-refractivity contribution < 1.29 is 4.74 Å². The third-order valence-electron chi connectivity index (χ3n) is 4.55. The molecular weight excluding hydrogens is 293 g/mol. The third kappa shape index (κ3) is 2.85. The van der Waals surface area contributed by atoms with Crippen molar-refractivity contribution in [2.75, 3.05) is 13.1 Å². The van der Waals surface area contributed by atoms with Crippen LogP contribution in [0.3, 0.4) is 0 Å². The van der Waals surface area contributed by atoms with Gasteiger partial charge in [-0.3, -0.25) is 0 Å². The standard InChI is InChI=1S/C16H21Cl2NO/c1-11-4-3-7-16(8-11)10-19-9-14(20-16)12-5-2-6-13(17)15(12)18/h2,5-6,11,14,19H,3-4,7-10H2,1H3. The van der Waals surface area contributed by atoms with Crippen LogP contribution in [0.5, 0.6) is 0 Å². The van der Waals surface area contributed by atoms with E-state index in [9.17, 15) is 0 Å². The molecule has 0 radical (unpaired) electrons. The van der Waals surface area contributed by atoms with Crippen molar-refractivity contribution in [3.8, 4) is 0 Å². The lowest BCUT2D eigenvalue weighted by atomic mass is 9.77. The minimum atomic E-state index is -0.0216. The van der Waals surface area contributed by atoms with Crippen LogP contribution >= 0.6 is 23.2 Å². The fourth-order valence-electron chi connectivity index (χ4n) is 3.64. The van der Waals surface area contributed by atoms with Gasteiger partial charge in [0.1, 0.15) is 0 Å². The quantitative estimate of drug-likeness (QED) is 0.818. The number of rotatable bonds is 1. The van der Waals surface area contributed by atoms with Crippen molar-refractivity contribution in [2.24, 2.45) is 5.92 Å². The maximum Gasteiger partial charge on any atom is 0.0972 e. The van der Waals surface area contributed by atoms with Gasteiger partial charge in [0.15, 0.2) is 0 Å². The molecule has 4 heteroatoms. The second-order valence-electron chi connectivity index (χ2n) is 6.26. The molecule has 1 saturated carbocycles. The molecule has 20 heavy (non-hydrogen) atoms.